The second kappa shape index (κ2) is 14.1. The predicted molar refractivity (Wildman–Crippen MR) is 156 cm³/mol. The van der Waals surface area contributed by atoms with Gasteiger partial charge in [-0.2, -0.15) is 0 Å². The molecule has 0 atom stereocenters. The number of nitrogens with zero attached hydrogens (tertiary/aromatic N) is 3. The minimum absolute atomic E-state index is 0.0472. The molecule has 0 spiro atoms. The van der Waals surface area contributed by atoms with E-state index in [0.29, 0.717) is 43.1 Å². The maximum Gasteiger partial charge on any atom is 0.254 e. The Balaban J connectivity index is 1.51. The molecule has 7 nitrogen and oxygen atoms in total. The van der Waals surface area contributed by atoms with Gasteiger partial charge in [-0.1, -0.05) is 24.3 Å². The Kier molecular flexibility index (Phi) is 10.4. The number of hydrogen-bond acceptors (Lipinski definition) is 6. The lowest BCUT2D eigenvalue weighted by Gasteiger charge is -2.29. The van der Waals surface area contributed by atoms with Crippen LogP contribution >= 0.6 is 11.3 Å². The summed E-state index contributed by atoms with van der Waals surface area (Å²) in [5.74, 6) is 1.20. The van der Waals surface area contributed by atoms with Crippen molar-refractivity contribution in [3.63, 3.8) is 0 Å². The summed E-state index contributed by atoms with van der Waals surface area (Å²) in [7, 11) is 3.24. The first kappa shape index (κ1) is 28.6. The zero-order valence-electron chi connectivity index (χ0n) is 23.2. The van der Waals surface area contributed by atoms with Crippen LogP contribution in [0.15, 0.2) is 60.0 Å². The number of aryl methyl sites for hydroxylation is 1. The van der Waals surface area contributed by atoms with Crippen molar-refractivity contribution in [3.05, 3.63) is 81.5 Å². The van der Waals surface area contributed by atoms with Crippen molar-refractivity contribution in [2.75, 3.05) is 53.5 Å². The largest absolute Gasteiger partial charge is 0.493 e. The first-order valence-electron chi connectivity index (χ1n) is 13.6. The monoisotopic (exact) mass is 549 g/mol. The van der Waals surface area contributed by atoms with E-state index < -0.39 is 0 Å². The van der Waals surface area contributed by atoms with Crippen LogP contribution < -0.4 is 9.47 Å². The fraction of sp³-hybridized carbons (Fsp3) is 0.419. The number of hydrogen-bond donors (Lipinski definition) is 0. The molecule has 0 unspecified atom stereocenters. The molecule has 2 aromatic carbocycles. The summed E-state index contributed by atoms with van der Waals surface area (Å²) in [6, 6.07) is 17.2. The maximum absolute atomic E-state index is 13.8. The van der Waals surface area contributed by atoms with Crippen LogP contribution in [0.1, 0.15) is 39.2 Å². The second-order valence-corrected chi connectivity index (χ2v) is 10.9. The molecule has 1 saturated heterocycles. The number of likely N-dealkylation sites (tertiary alicyclic amines) is 1. The second-order valence-electron chi connectivity index (χ2n) is 9.92. The van der Waals surface area contributed by atoms with E-state index in [1.54, 1.807) is 30.5 Å². The molecule has 8 heteroatoms. The molecule has 208 valence electrons. The SMILES string of the molecule is COc1ccc(CCN(Cc2sccc2C)C(=O)CN(CCN2CCCC2)C(=O)c2ccccc2)cc1OC. The van der Waals surface area contributed by atoms with Crippen molar-refractivity contribution in [3.8, 4) is 11.5 Å². The van der Waals surface area contributed by atoms with Crippen LogP contribution in [0.3, 0.4) is 0 Å². The van der Waals surface area contributed by atoms with Gasteiger partial charge in [0.25, 0.3) is 5.91 Å². The quantitative estimate of drug-likeness (QED) is 0.304. The highest BCUT2D eigenvalue weighted by molar-refractivity contribution is 7.10. The molecular weight excluding hydrogens is 510 g/mol. The molecule has 0 radical (unpaired) electrons. The molecule has 0 bridgehead atoms. The van der Waals surface area contributed by atoms with Crippen molar-refractivity contribution < 1.29 is 19.1 Å². The molecule has 0 saturated carbocycles. The zero-order chi connectivity index (χ0) is 27.6. The molecule has 2 heterocycles. The predicted octanol–water partition coefficient (Wildman–Crippen LogP) is 4.88. The Hall–Kier alpha value is -3.36. The lowest BCUT2D eigenvalue weighted by Crippen LogP contribution is -2.45. The van der Waals surface area contributed by atoms with Gasteiger partial charge in [-0.3, -0.25) is 9.59 Å². The van der Waals surface area contributed by atoms with Crippen molar-refractivity contribution in [1.29, 1.82) is 0 Å². The molecule has 4 rings (SSSR count). The van der Waals surface area contributed by atoms with Crippen LogP contribution in [0.2, 0.25) is 0 Å². The summed E-state index contributed by atoms with van der Waals surface area (Å²) >= 11 is 1.66. The first-order valence-corrected chi connectivity index (χ1v) is 14.4. The number of thiophene rings is 1. The molecule has 1 aliphatic rings. The zero-order valence-corrected chi connectivity index (χ0v) is 24.0. The number of ether oxygens (including phenoxy) is 2. The number of carbonyl (C=O) groups is 2. The van der Waals surface area contributed by atoms with E-state index in [4.69, 9.17) is 9.47 Å². The number of methoxy groups -OCH3 is 2. The number of amides is 2. The highest BCUT2D eigenvalue weighted by Gasteiger charge is 2.24. The Morgan fingerprint density at radius 1 is 0.923 bits per heavy atom. The van der Waals surface area contributed by atoms with Crippen molar-refractivity contribution in [2.24, 2.45) is 0 Å². The summed E-state index contributed by atoms with van der Waals surface area (Å²) in [5.41, 5.74) is 2.84. The van der Waals surface area contributed by atoms with Crippen LogP contribution in [-0.4, -0.2) is 80.0 Å². The Morgan fingerprint density at radius 2 is 1.67 bits per heavy atom. The van der Waals surface area contributed by atoms with Gasteiger partial charge in [0.2, 0.25) is 5.91 Å². The van der Waals surface area contributed by atoms with Crippen molar-refractivity contribution in [1.82, 2.24) is 14.7 Å². The minimum atomic E-state index is -0.102. The number of benzene rings is 2. The van der Waals surface area contributed by atoms with Gasteiger partial charge >= 0.3 is 0 Å². The lowest BCUT2D eigenvalue weighted by molar-refractivity contribution is -0.132. The van der Waals surface area contributed by atoms with Gasteiger partial charge in [0, 0.05) is 30.1 Å². The molecule has 3 aromatic rings. The van der Waals surface area contributed by atoms with Gasteiger partial charge in [-0.25, -0.2) is 0 Å². The summed E-state index contributed by atoms with van der Waals surface area (Å²) in [6.45, 7) is 6.59. The average Bonchev–Trinajstić information content (AvgIpc) is 3.64. The summed E-state index contributed by atoms with van der Waals surface area (Å²) in [5, 5.41) is 2.06. The van der Waals surface area contributed by atoms with Gasteiger partial charge in [0.15, 0.2) is 11.5 Å². The Labute approximate surface area is 235 Å². The van der Waals surface area contributed by atoms with Gasteiger partial charge < -0.3 is 24.2 Å². The van der Waals surface area contributed by atoms with Crippen molar-refractivity contribution >= 4 is 23.2 Å². The smallest absolute Gasteiger partial charge is 0.254 e. The van der Waals surface area contributed by atoms with E-state index in [2.05, 4.69) is 23.3 Å². The van der Waals surface area contributed by atoms with E-state index in [0.717, 1.165) is 30.1 Å². The molecule has 1 aromatic heterocycles. The third kappa shape index (κ3) is 7.83. The van der Waals surface area contributed by atoms with Gasteiger partial charge in [-0.05, 0) is 86.1 Å². The van der Waals surface area contributed by atoms with Crippen LogP contribution in [0.25, 0.3) is 0 Å². The van der Waals surface area contributed by atoms with E-state index >= 15 is 0 Å². The molecule has 0 aliphatic carbocycles. The maximum atomic E-state index is 13.8. The van der Waals surface area contributed by atoms with Gasteiger partial charge in [0.05, 0.1) is 20.8 Å². The molecule has 1 aliphatic heterocycles. The number of carbonyl (C=O) groups excluding carboxylic acids is 2. The molecule has 39 heavy (non-hydrogen) atoms. The van der Waals surface area contributed by atoms with E-state index in [9.17, 15) is 9.59 Å². The topological polar surface area (TPSA) is 62.3 Å². The summed E-state index contributed by atoms with van der Waals surface area (Å²) < 4.78 is 10.8. The van der Waals surface area contributed by atoms with Gasteiger partial charge in [0.1, 0.15) is 6.54 Å². The molecule has 2 amide bonds. The Bertz CT molecular complexity index is 1220. The molecule has 1 fully saturated rings. The third-order valence-corrected chi connectivity index (χ3v) is 8.30. The van der Waals surface area contributed by atoms with Crippen LogP contribution in [0, 0.1) is 6.92 Å². The standard InChI is InChI=1S/C31H39N3O4S/c1-24-14-20-39-29(24)22-33(17-13-25-11-12-27(37-2)28(21-25)38-3)30(35)23-34(19-18-32-15-7-8-16-32)31(36)26-9-5-4-6-10-26/h4-6,9-12,14,20-21H,7-8,13,15-19,22-23H2,1-3H3. The van der Waals surface area contributed by atoms with Crippen molar-refractivity contribution in [2.45, 2.75) is 32.7 Å². The Morgan fingerprint density at radius 3 is 2.33 bits per heavy atom. The van der Waals surface area contributed by atoms with E-state index in [1.807, 2.05) is 53.4 Å². The average molecular weight is 550 g/mol. The normalized spacial score (nSPS) is 13.3. The fourth-order valence-corrected chi connectivity index (χ4v) is 5.80. The molecule has 0 N–H and O–H groups in total. The van der Waals surface area contributed by atoms with Crippen LogP contribution in [-0.2, 0) is 17.8 Å². The van der Waals surface area contributed by atoms with E-state index in [-0.39, 0.29) is 18.4 Å². The fourth-order valence-electron chi connectivity index (χ4n) is 4.88. The first-order chi connectivity index (χ1) is 19.0. The third-order valence-electron chi connectivity index (χ3n) is 7.29. The van der Waals surface area contributed by atoms with Gasteiger partial charge in [-0.15, -0.1) is 11.3 Å². The minimum Gasteiger partial charge on any atom is -0.493 e. The number of rotatable bonds is 13. The lowest BCUT2D eigenvalue weighted by atomic mass is 10.1. The summed E-state index contributed by atoms with van der Waals surface area (Å²) in [6.07, 6.45) is 3.04. The van der Waals surface area contributed by atoms with E-state index in [1.165, 1.54) is 18.4 Å². The highest BCUT2D eigenvalue weighted by Crippen LogP contribution is 2.28. The highest BCUT2D eigenvalue weighted by atomic mass is 32.1. The molecular formula is C31H39N3O4S. The van der Waals surface area contributed by atoms with Crippen LogP contribution in [0.4, 0.5) is 0 Å². The van der Waals surface area contributed by atoms with Crippen LogP contribution in [0.5, 0.6) is 11.5 Å². The summed E-state index contributed by atoms with van der Waals surface area (Å²) in [4.78, 5) is 34.5.